The summed E-state index contributed by atoms with van der Waals surface area (Å²) in [4.78, 5) is 18.1. The summed E-state index contributed by atoms with van der Waals surface area (Å²) in [7, 11) is 0. The van der Waals surface area contributed by atoms with Crippen molar-refractivity contribution < 1.29 is 4.92 Å². The predicted octanol–water partition coefficient (Wildman–Crippen LogP) is 4.13. The van der Waals surface area contributed by atoms with Crippen LogP contribution in [0.15, 0.2) is 52.5 Å². The van der Waals surface area contributed by atoms with Crippen molar-refractivity contribution in [3.63, 3.8) is 0 Å². The Hall–Kier alpha value is -2.08. The van der Waals surface area contributed by atoms with Crippen LogP contribution in [-0.4, -0.2) is 23.0 Å². The summed E-state index contributed by atoms with van der Waals surface area (Å²) in [6.07, 6.45) is 5.32. The number of rotatable bonds is 4. The van der Waals surface area contributed by atoms with E-state index in [9.17, 15) is 10.1 Å². The van der Waals surface area contributed by atoms with Gasteiger partial charge in [0.1, 0.15) is 5.03 Å². The third-order valence-corrected chi connectivity index (χ3v) is 4.71. The number of hydrogen-bond donors (Lipinski definition) is 0. The van der Waals surface area contributed by atoms with Crippen LogP contribution in [-0.2, 0) is 0 Å². The smallest absolute Gasteiger partial charge is 0.283 e. The monoisotopic (exact) mass is 315 g/mol. The Balaban J connectivity index is 1.92. The van der Waals surface area contributed by atoms with Gasteiger partial charge in [0.25, 0.3) is 5.69 Å². The molecule has 0 radical (unpaired) electrons. The summed E-state index contributed by atoms with van der Waals surface area (Å²) in [6, 6.07) is 11.0. The highest BCUT2D eigenvalue weighted by Gasteiger charge is 2.19. The maximum absolute atomic E-state index is 11.3. The van der Waals surface area contributed by atoms with Crippen molar-refractivity contribution in [2.75, 3.05) is 18.0 Å². The first kappa shape index (κ1) is 14.8. The van der Waals surface area contributed by atoms with E-state index in [0.717, 1.165) is 23.8 Å². The first-order chi connectivity index (χ1) is 10.7. The van der Waals surface area contributed by atoms with Gasteiger partial charge in [-0.1, -0.05) is 17.8 Å². The van der Waals surface area contributed by atoms with Gasteiger partial charge in [0, 0.05) is 31.0 Å². The van der Waals surface area contributed by atoms with Gasteiger partial charge < -0.3 is 4.90 Å². The van der Waals surface area contributed by atoms with Crippen molar-refractivity contribution in [1.82, 2.24) is 4.98 Å². The van der Waals surface area contributed by atoms with Gasteiger partial charge in [-0.3, -0.25) is 10.1 Å². The van der Waals surface area contributed by atoms with Crippen LogP contribution in [0, 0.1) is 10.1 Å². The van der Waals surface area contributed by atoms with Gasteiger partial charge in [-0.05, 0) is 43.5 Å². The molecule has 0 N–H and O–H groups in total. The first-order valence-corrected chi connectivity index (χ1v) is 8.18. The Bertz CT molecular complexity index is 658. The molecule has 1 aliphatic rings. The second-order valence-electron chi connectivity index (χ2n) is 5.23. The quantitative estimate of drug-likeness (QED) is 0.627. The first-order valence-electron chi connectivity index (χ1n) is 7.36. The SMILES string of the molecule is O=[N+]([O-])c1ccc(N2CCCCC2)cc1Sc1ccccn1. The summed E-state index contributed by atoms with van der Waals surface area (Å²) in [5.41, 5.74) is 1.19. The van der Waals surface area contributed by atoms with Gasteiger partial charge in [-0.15, -0.1) is 0 Å². The molecule has 1 aliphatic heterocycles. The normalized spacial score (nSPS) is 14.8. The number of pyridine rings is 1. The molecule has 5 nitrogen and oxygen atoms in total. The maximum Gasteiger partial charge on any atom is 0.283 e. The molecule has 0 bridgehead atoms. The number of nitro groups is 1. The molecule has 6 heteroatoms. The summed E-state index contributed by atoms with van der Waals surface area (Å²) in [6.45, 7) is 2.04. The highest BCUT2D eigenvalue weighted by molar-refractivity contribution is 7.99. The molecule has 1 fully saturated rings. The summed E-state index contributed by atoms with van der Waals surface area (Å²) in [5.74, 6) is 0. The number of hydrogen-bond acceptors (Lipinski definition) is 5. The van der Waals surface area contributed by atoms with Gasteiger partial charge in [0.15, 0.2) is 0 Å². The maximum atomic E-state index is 11.3. The minimum absolute atomic E-state index is 0.136. The van der Waals surface area contributed by atoms with Crippen molar-refractivity contribution in [3.05, 3.63) is 52.7 Å². The van der Waals surface area contributed by atoms with Gasteiger partial charge in [-0.25, -0.2) is 4.98 Å². The molecule has 2 aromatic rings. The van der Waals surface area contributed by atoms with Crippen molar-refractivity contribution in [1.29, 1.82) is 0 Å². The number of aromatic nitrogens is 1. The summed E-state index contributed by atoms with van der Waals surface area (Å²) in [5, 5.41) is 12.0. The van der Waals surface area contributed by atoms with E-state index in [2.05, 4.69) is 9.88 Å². The molecule has 22 heavy (non-hydrogen) atoms. The van der Waals surface area contributed by atoms with Crippen LogP contribution in [0.4, 0.5) is 11.4 Å². The van der Waals surface area contributed by atoms with Crippen LogP contribution in [0.3, 0.4) is 0 Å². The Morgan fingerprint density at radius 3 is 2.64 bits per heavy atom. The molecule has 3 rings (SSSR count). The van der Waals surface area contributed by atoms with Gasteiger partial charge in [0.2, 0.25) is 0 Å². The topological polar surface area (TPSA) is 59.3 Å². The molecule has 1 aromatic carbocycles. The third kappa shape index (κ3) is 3.39. The average molecular weight is 315 g/mol. The highest BCUT2D eigenvalue weighted by atomic mass is 32.2. The molecule has 0 amide bonds. The standard InChI is InChI=1S/C16H17N3O2S/c20-19(21)14-8-7-13(18-10-4-1-5-11-18)12-15(14)22-16-6-2-3-9-17-16/h2-3,6-9,12H,1,4-5,10-11H2. The van der Waals surface area contributed by atoms with E-state index in [1.807, 2.05) is 30.3 Å². The zero-order valence-electron chi connectivity index (χ0n) is 12.1. The lowest BCUT2D eigenvalue weighted by atomic mass is 10.1. The lowest BCUT2D eigenvalue weighted by Gasteiger charge is -2.29. The summed E-state index contributed by atoms with van der Waals surface area (Å²) >= 11 is 1.34. The predicted molar refractivity (Wildman–Crippen MR) is 87.5 cm³/mol. The van der Waals surface area contributed by atoms with Crippen LogP contribution in [0.1, 0.15) is 19.3 Å². The number of piperidine rings is 1. The minimum Gasteiger partial charge on any atom is -0.371 e. The second-order valence-corrected chi connectivity index (χ2v) is 6.29. The van der Waals surface area contributed by atoms with E-state index < -0.39 is 0 Å². The largest absolute Gasteiger partial charge is 0.371 e. The Morgan fingerprint density at radius 2 is 1.95 bits per heavy atom. The van der Waals surface area contributed by atoms with Crippen molar-refractivity contribution in [3.8, 4) is 0 Å². The Labute approximate surface area is 133 Å². The lowest BCUT2D eigenvalue weighted by Crippen LogP contribution is -2.29. The molecule has 0 saturated carbocycles. The Kier molecular flexibility index (Phi) is 4.58. The fraction of sp³-hybridized carbons (Fsp3) is 0.312. The van der Waals surface area contributed by atoms with E-state index in [4.69, 9.17) is 0 Å². The van der Waals surface area contributed by atoms with Crippen molar-refractivity contribution in [2.45, 2.75) is 29.2 Å². The zero-order chi connectivity index (χ0) is 15.4. The lowest BCUT2D eigenvalue weighted by molar-refractivity contribution is -0.387. The average Bonchev–Trinajstić information content (AvgIpc) is 2.56. The minimum atomic E-state index is -0.328. The van der Waals surface area contributed by atoms with E-state index in [1.165, 1.54) is 31.0 Å². The highest BCUT2D eigenvalue weighted by Crippen LogP contribution is 2.37. The number of nitro benzene ring substituents is 1. The third-order valence-electron chi connectivity index (χ3n) is 3.71. The van der Waals surface area contributed by atoms with Gasteiger partial charge in [-0.2, -0.15) is 0 Å². The van der Waals surface area contributed by atoms with Crippen LogP contribution in [0.5, 0.6) is 0 Å². The van der Waals surface area contributed by atoms with E-state index in [1.54, 1.807) is 12.3 Å². The molecular weight excluding hydrogens is 298 g/mol. The van der Waals surface area contributed by atoms with Gasteiger partial charge >= 0.3 is 0 Å². The molecule has 2 heterocycles. The van der Waals surface area contributed by atoms with E-state index in [0.29, 0.717) is 4.90 Å². The van der Waals surface area contributed by atoms with Crippen molar-refractivity contribution >= 4 is 23.1 Å². The number of nitrogens with zero attached hydrogens (tertiary/aromatic N) is 3. The molecule has 0 unspecified atom stereocenters. The van der Waals surface area contributed by atoms with Gasteiger partial charge in [0.05, 0.1) is 9.82 Å². The van der Waals surface area contributed by atoms with E-state index >= 15 is 0 Å². The van der Waals surface area contributed by atoms with Crippen LogP contribution in [0.25, 0.3) is 0 Å². The zero-order valence-corrected chi connectivity index (χ0v) is 13.0. The molecular formula is C16H17N3O2S. The summed E-state index contributed by atoms with van der Waals surface area (Å²) < 4.78 is 0. The van der Waals surface area contributed by atoms with Crippen LogP contribution < -0.4 is 4.90 Å². The molecule has 0 aliphatic carbocycles. The number of anilines is 1. The molecule has 114 valence electrons. The fourth-order valence-electron chi connectivity index (χ4n) is 2.60. The fourth-order valence-corrected chi connectivity index (χ4v) is 3.52. The van der Waals surface area contributed by atoms with Crippen LogP contribution in [0.2, 0.25) is 0 Å². The van der Waals surface area contributed by atoms with Crippen LogP contribution >= 0.6 is 11.8 Å². The Morgan fingerprint density at radius 1 is 1.14 bits per heavy atom. The van der Waals surface area contributed by atoms with Crippen molar-refractivity contribution in [2.24, 2.45) is 0 Å². The van der Waals surface area contributed by atoms with E-state index in [-0.39, 0.29) is 10.6 Å². The number of benzene rings is 1. The molecule has 0 spiro atoms. The molecule has 0 atom stereocenters. The molecule has 1 aromatic heterocycles. The molecule has 1 saturated heterocycles. The second kappa shape index (κ2) is 6.79.